The van der Waals surface area contributed by atoms with Crippen LogP contribution in [0.25, 0.3) is 0 Å². The molecule has 0 saturated carbocycles. The lowest BCUT2D eigenvalue weighted by atomic mass is 9.92. The molecule has 0 unspecified atom stereocenters. The first-order valence-electron chi connectivity index (χ1n) is 6.91. The van der Waals surface area contributed by atoms with E-state index in [0.717, 1.165) is 0 Å². The molecule has 23 heavy (non-hydrogen) atoms. The maximum Gasteiger partial charge on any atom is 0.283 e. The fraction of sp³-hybridized carbons (Fsp3) is 0.429. The summed E-state index contributed by atoms with van der Waals surface area (Å²) < 4.78 is 21.7. The smallest absolute Gasteiger partial charge is 0.283 e. The molecule has 3 N–H and O–H groups in total. The van der Waals surface area contributed by atoms with Crippen LogP contribution in [-0.2, 0) is 9.63 Å². The molecule has 1 aromatic carbocycles. The summed E-state index contributed by atoms with van der Waals surface area (Å²) in [6, 6.07) is 1.74. The predicted octanol–water partition coefficient (Wildman–Crippen LogP) is 0.486. The van der Waals surface area contributed by atoms with Crippen molar-refractivity contribution in [3.05, 3.63) is 11.6 Å². The fourth-order valence-corrected chi connectivity index (χ4v) is 2.70. The number of fused-ring (bicyclic) bond motifs is 1. The van der Waals surface area contributed by atoms with Crippen molar-refractivity contribution in [3.8, 4) is 23.0 Å². The molecule has 0 fully saturated rings. The molecule has 1 aromatic rings. The van der Waals surface area contributed by atoms with Gasteiger partial charge in [0, 0.05) is 5.56 Å². The van der Waals surface area contributed by atoms with Crippen LogP contribution in [0, 0.1) is 5.92 Å². The molecule has 0 saturated heterocycles. The van der Waals surface area contributed by atoms with E-state index in [1.165, 1.54) is 14.2 Å². The second kappa shape index (κ2) is 5.84. The van der Waals surface area contributed by atoms with E-state index >= 15 is 0 Å². The predicted molar refractivity (Wildman–Crippen MR) is 78.4 cm³/mol. The van der Waals surface area contributed by atoms with Gasteiger partial charge in [0.25, 0.3) is 5.91 Å². The Hall–Kier alpha value is -2.68. The zero-order chi connectivity index (χ0) is 16.6. The van der Waals surface area contributed by atoms with Gasteiger partial charge < -0.3 is 23.8 Å². The van der Waals surface area contributed by atoms with Gasteiger partial charge in [-0.15, -0.1) is 0 Å². The number of amides is 1. The number of oxime groups is 1. The summed E-state index contributed by atoms with van der Waals surface area (Å²) in [4.78, 5) is 17.1. The Labute approximate surface area is 132 Å². The summed E-state index contributed by atoms with van der Waals surface area (Å²) in [5, 5.41) is 3.83. The van der Waals surface area contributed by atoms with E-state index in [0.29, 0.717) is 28.6 Å². The number of benzene rings is 1. The van der Waals surface area contributed by atoms with Crippen LogP contribution in [0.5, 0.6) is 23.0 Å². The number of hydrogen-bond acceptors (Lipinski definition) is 8. The van der Waals surface area contributed by atoms with Crippen LogP contribution < -0.4 is 30.2 Å². The lowest BCUT2D eigenvalue weighted by Gasteiger charge is -2.20. The number of nitrogens with one attached hydrogen (secondary N) is 1. The van der Waals surface area contributed by atoms with Crippen molar-refractivity contribution in [2.45, 2.75) is 13.0 Å². The van der Waals surface area contributed by atoms with E-state index in [9.17, 15) is 4.79 Å². The van der Waals surface area contributed by atoms with Gasteiger partial charge in [-0.2, -0.15) is 0 Å². The number of hydrazine groups is 1. The van der Waals surface area contributed by atoms with Gasteiger partial charge in [0.05, 0.1) is 20.1 Å². The summed E-state index contributed by atoms with van der Waals surface area (Å²) in [6.45, 7) is 1.90. The molecular formula is C14H17N3O6. The molecule has 1 amide bonds. The first-order valence-corrected chi connectivity index (χ1v) is 6.91. The van der Waals surface area contributed by atoms with Gasteiger partial charge in [-0.3, -0.25) is 10.2 Å². The molecule has 2 aliphatic rings. The van der Waals surface area contributed by atoms with Crippen molar-refractivity contribution in [2.24, 2.45) is 16.9 Å². The largest absolute Gasteiger partial charge is 0.492 e. The van der Waals surface area contributed by atoms with Crippen LogP contribution in [0.2, 0.25) is 0 Å². The Bertz CT molecular complexity index is 675. The average Bonchev–Trinajstić information content (AvgIpc) is 3.18. The van der Waals surface area contributed by atoms with Crippen LogP contribution in [0.1, 0.15) is 18.6 Å². The van der Waals surface area contributed by atoms with Crippen molar-refractivity contribution in [1.82, 2.24) is 5.43 Å². The molecule has 2 atom stereocenters. The highest BCUT2D eigenvalue weighted by atomic mass is 16.7. The summed E-state index contributed by atoms with van der Waals surface area (Å²) in [5.74, 6) is 6.17. The third kappa shape index (κ3) is 2.29. The molecule has 3 rings (SSSR count). The van der Waals surface area contributed by atoms with Crippen molar-refractivity contribution >= 4 is 11.6 Å². The van der Waals surface area contributed by atoms with Crippen molar-refractivity contribution in [3.63, 3.8) is 0 Å². The van der Waals surface area contributed by atoms with Crippen LogP contribution in [0.3, 0.4) is 0 Å². The molecule has 2 heterocycles. The van der Waals surface area contributed by atoms with Crippen LogP contribution >= 0.6 is 0 Å². The molecule has 0 radical (unpaired) electrons. The van der Waals surface area contributed by atoms with Gasteiger partial charge in [-0.25, -0.2) is 5.84 Å². The molecule has 0 bridgehead atoms. The number of hydrogen-bond donors (Lipinski definition) is 2. The molecule has 0 aliphatic carbocycles. The minimum atomic E-state index is -0.541. The van der Waals surface area contributed by atoms with Crippen molar-refractivity contribution in [2.75, 3.05) is 21.0 Å². The minimum Gasteiger partial charge on any atom is -0.492 e. The third-order valence-electron chi connectivity index (χ3n) is 3.83. The zero-order valence-electron chi connectivity index (χ0n) is 12.9. The lowest BCUT2D eigenvalue weighted by Crippen LogP contribution is -2.38. The molecule has 124 valence electrons. The Balaban J connectivity index is 2.03. The number of carbonyl (C=O) groups is 1. The highest BCUT2D eigenvalue weighted by Crippen LogP contribution is 2.52. The van der Waals surface area contributed by atoms with Crippen LogP contribution in [-0.4, -0.2) is 32.6 Å². The quantitative estimate of drug-likeness (QED) is 0.471. The second-order valence-corrected chi connectivity index (χ2v) is 5.03. The monoisotopic (exact) mass is 323 g/mol. The first kappa shape index (κ1) is 15.2. The van der Waals surface area contributed by atoms with E-state index in [1.807, 2.05) is 6.92 Å². The topological polar surface area (TPSA) is 114 Å². The van der Waals surface area contributed by atoms with Gasteiger partial charge in [0.1, 0.15) is 0 Å². The maximum absolute atomic E-state index is 11.7. The van der Waals surface area contributed by atoms with Gasteiger partial charge in [-0.1, -0.05) is 12.1 Å². The summed E-state index contributed by atoms with van der Waals surface area (Å²) in [6.07, 6.45) is -0.541. The fourth-order valence-electron chi connectivity index (χ4n) is 2.70. The Morgan fingerprint density at radius 2 is 2.09 bits per heavy atom. The molecule has 0 aromatic heterocycles. The zero-order valence-corrected chi connectivity index (χ0v) is 12.9. The average molecular weight is 323 g/mol. The van der Waals surface area contributed by atoms with Crippen molar-refractivity contribution in [1.29, 1.82) is 0 Å². The van der Waals surface area contributed by atoms with E-state index < -0.39 is 12.0 Å². The second-order valence-electron chi connectivity index (χ2n) is 5.03. The van der Waals surface area contributed by atoms with E-state index in [2.05, 4.69) is 10.6 Å². The minimum absolute atomic E-state index is 0.0940. The number of rotatable bonds is 4. The van der Waals surface area contributed by atoms with Crippen LogP contribution in [0.15, 0.2) is 11.2 Å². The van der Waals surface area contributed by atoms with Crippen molar-refractivity contribution < 1.29 is 28.6 Å². The van der Waals surface area contributed by atoms with E-state index in [4.69, 9.17) is 29.6 Å². The van der Waals surface area contributed by atoms with Gasteiger partial charge >= 0.3 is 0 Å². The van der Waals surface area contributed by atoms with Gasteiger partial charge in [0.15, 0.2) is 23.3 Å². The van der Waals surface area contributed by atoms with Gasteiger partial charge in [0.2, 0.25) is 18.3 Å². The molecule has 2 aliphatic heterocycles. The number of ether oxygens (including phenoxy) is 4. The Morgan fingerprint density at radius 3 is 2.74 bits per heavy atom. The SMILES string of the molecule is COc1c([C@@H]2ON=C(C(=O)NN)[C@@H]2C)cc2c(c1OC)OCO2. The summed E-state index contributed by atoms with van der Waals surface area (Å²) >= 11 is 0. The van der Waals surface area contributed by atoms with E-state index in [-0.39, 0.29) is 18.4 Å². The highest BCUT2D eigenvalue weighted by Gasteiger charge is 2.40. The standard InChI is InChI=1S/C14H17N3O6/c1-6-9(14(18)16-15)17-23-10(6)7-4-8-12(22-5-21-8)13(20-3)11(7)19-2/h4,6,10H,5,15H2,1-3H3,(H,16,18)/t6-,10+/m0/s1. The normalized spacial score (nSPS) is 21.5. The molecule has 9 nitrogen and oxygen atoms in total. The first-order chi connectivity index (χ1) is 11.1. The Morgan fingerprint density at radius 1 is 1.35 bits per heavy atom. The summed E-state index contributed by atoms with van der Waals surface area (Å²) in [7, 11) is 3.02. The molecule has 9 heteroatoms. The lowest BCUT2D eigenvalue weighted by molar-refractivity contribution is -0.115. The third-order valence-corrected chi connectivity index (χ3v) is 3.83. The van der Waals surface area contributed by atoms with Crippen LogP contribution in [0.4, 0.5) is 0 Å². The highest BCUT2D eigenvalue weighted by molar-refractivity contribution is 6.39. The number of nitrogens with zero attached hydrogens (tertiary/aromatic N) is 1. The molecule has 0 spiro atoms. The number of nitrogens with two attached hydrogens (primary N) is 1. The Kier molecular flexibility index (Phi) is 3.87. The number of carbonyl (C=O) groups excluding carboxylic acids is 1. The number of methoxy groups -OCH3 is 2. The molecular weight excluding hydrogens is 306 g/mol. The maximum atomic E-state index is 11.7. The summed E-state index contributed by atoms with van der Waals surface area (Å²) in [5.41, 5.74) is 2.90. The van der Waals surface area contributed by atoms with E-state index in [1.54, 1.807) is 6.07 Å². The van der Waals surface area contributed by atoms with Gasteiger partial charge in [-0.05, 0) is 6.07 Å².